The molecule has 1 nitrogen and oxygen atoms in total. The highest BCUT2D eigenvalue weighted by atomic mass is 16.3. The Balaban J connectivity index is 2.25. The third-order valence-electron chi connectivity index (χ3n) is 3.27. The molecule has 0 saturated heterocycles. The Bertz CT molecular complexity index is 316. The van der Waals surface area contributed by atoms with Crippen LogP contribution in [0.15, 0.2) is 42.5 Å². The van der Waals surface area contributed by atoms with Crippen molar-refractivity contribution < 1.29 is 5.11 Å². The summed E-state index contributed by atoms with van der Waals surface area (Å²) in [6.45, 7) is 2.50. The second kappa shape index (κ2) is 9.90. The molecule has 0 bridgehead atoms. The lowest BCUT2D eigenvalue weighted by Crippen LogP contribution is -2.02. The molecule has 1 rings (SSSR count). The van der Waals surface area contributed by atoms with Crippen LogP contribution in [0.1, 0.15) is 44.6 Å². The van der Waals surface area contributed by atoms with Gasteiger partial charge in [0.05, 0.1) is 0 Å². The molecule has 1 atom stereocenters. The Hall–Kier alpha value is -1.08. The van der Waals surface area contributed by atoms with Gasteiger partial charge >= 0.3 is 0 Å². The molecule has 0 amide bonds. The maximum absolute atomic E-state index is 9.33. The quantitative estimate of drug-likeness (QED) is 0.507. The van der Waals surface area contributed by atoms with Crippen LogP contribution in [-0.4, -0.2) is 11.7 Å². The lowest BCUT2D eigenvalue weighted by atomic mass is 10.00. The number of hydrogen-bond acceptors (Lipinski definition) is 1. The average molecular weight is 246 g/mol. The van der Waals surface area contributed by atoms with E-state index in [1.807, 2.05) is 6.07 Å². The Morgan fingerprint density at radius 3 is 2.56 bits per heavy atom. The van der Waals surface area contributed by atoms with E-state index in [1.165, 1.54) is 31.2 Å². The third-order valence-corrected chi connectivity index (χ3v) is 3.27. The van der Waals surface area contributed by atoms with Gasteiger partial charge in [-0.05, 0) is 24.3 Å². The van der Waals surface area contributed by atoms with Gasteiger partial charge in [0.25, 0.3) is 0 Å². The van der Waals surface area contributed by atoms with Gasteiger partial charge in [-0.15, -0.1) is 0 Å². The van der Waals surface area contributed by atoms with E-state index in [9.17, 15) is 5.11 Å². The van der Waals surface area contributed by atoms with E-state index in [1.54, 1.807) is 0 Å². The lowest BCUT2D eigenvalue weighted by Gasteiger charge is -2.08. The zero-order valence-electron chi connectivity index (χ0n) is 11.5. The van der Waals surface area contributed by atoms with Crippen molar-refractivity contribution in [3.63, 3.8) is 0 Å². The van der Waals surface area contributed by atoms with Gasteiger partial charge < -0.3 is 5.11 Å². The minimum Gasteiger partial charge on any atom is -0.396 e. The topological polar surface area (TPSA) is 20.2 Å². The van der Waals surface area contributed by atoms with E-state index in [-0.39, 0.29) is 6.61 Å². The number of aliphatic hydroxyl groups excluding tert-OH is 1. The van der Waals surface area contributed by atoms with Gasteiger partial charge in [0.2, 0.25) is 0 Å². The van der Waals surface area contributed by atoms with Crippen molar-refractivity contribution in [1.29, 1.82) is 0 Å². The molecule has 0 saturated carbocycles. The first-order valence-electron chi connectivity index (χ1n) is 7.18. The maximum atomic E-state index is 9.33. The summed E-state index contributed by atoms with van der Waals surface area (Å²) in [6, 6.07) is 10.4. The summed E-state index contributed by atoms with van der Waals surface area (Å²) in [5, 5.41) is 9.33. The van der Waals surface area contributed by atoms with Crippen molar-refractivity contribution in [1.82, 2.24) is 0 Å². The summed E-state index contributed by atoms with van der Waals surface area (Å²) >= 11 is 0. The molecule has 1 heteroatoms. The van der Waals surface area contributed by atoms with Crippen molar-refractivity contribution in [2.24, 2.45) is 5.92 Å². The SMILES string of the molecule is CCCCCC[C@H](/C=C/Cc1ccccc1)CO. The van der Waals surface area contributed by atoms with Gasteiger partial charge in [0.15, 0.2) is 0 Å². The molecule has 0 heterocycles. The predicted molar refractivity (Wildman–Crippen MR) is 78.6 cm³/mol. The van der Waals surface area contributed by atoms with Crippen LogP contribution in [0.4, 0.5) is 0 Å². The average Bonchev–Trinajstić information content (AvgIpc) is 2.42. The van der Waals surface area contributed by atoms with Crippen molar-refractivity contribution in [2.45, 2.75) is 45.4 Å². The van der Waals surface area contributed by atoms with Crippen molar-refractivity contribution in [3.05, 3.63) is 48.0 Å². The van der Waals surface area contributed by atoms with Crippen molar-refractivity contribution in [2.75, 3.05) is 6.61 Å². The summed E-state index contributed by atoms with van der Waals surface area (Å²) in [7, 11) is 0. The predicted octanol–water partition coefficient (Wildman–Crippen LogP) is 4.36. The second-order valence-corrected chi connectivity index (χ2v) is 4.91. The summed E-state index contributed by atoms with van der Waals surface area (Å²) in [4.78, 5) is 0. The lowest BCUT2D eigenvalue weighted by molar-refractivity contribution is 0.243. The molecule has 18 heavy (non-hydrogen) atoms. The Morgan fingerprint density at radius 1 is 1.11 bits per heavy atom. The smallest absolute Gasteiger partial charge is 0.0493 e. The second-order valence-electron chi connectivity index (χ2n) is 4.91. The van der Waals surface area contributed by atoms with Gasteiger partial charge in [0, 0.05) is 6.61 Å². The first-order valence-corrected chi connectivity index (χ1v) is 7.18. The maximum Gasteiger partial charge on any atom is 0.0493 e. The van der Waals surface area contributed by atoms with Crippen LogP contribution in [0.25, 0.3) is 0 Å². The highest BCUT2D eigenvalue weighted by Crippen LogP contribution is 2.12. The molecule has 1 aromatic rings. The van der Waals surface area contributed by atoms with Crippen molar-refractivity contribution >= 4 is 0 Å². The molecule has 0 aliphatic heterocycles. The van der Waals surface area contributed by atoms with Crippen LogP contribution in [0.5, 0.6) is 0 Å². The monoisotopic (exact) mass is 246 g/mol. The molecule has 0 aliphatic rings. The third kappa shape index (κ3) is 6.61. The fourth-order valence-electron chi connectivity index (χ4n) is 2.09. The molecule has 0 radical (unpaired) electrons. The van der Waals surface area contributed by atoms with E-state index < -0.39 is 0 Å². The summed E-state index contributed by atoms with van der Waals surface area (Å²) in [5.74, 6) is 0.338. The van der Waals surface area contributed by atoms with E-state index in [4.69, 9.17) is 0 Å². The molecule has 1 aromatic carbocycles. The molecule has 0 fully saturated rings. The standard InChI is InChI=1S/C17H26O/c1-2-3-4-6-12-17(15-18)14-9-13-16-10-7-5-8-11-16/h5,7-11,14,17-18H,2-4,6,12-13,15H2,1H3/b14-9+/t17-/m1/s1. The first-order chi connectivity index (χ1) is 8.86. The van der Waals surface area contributed by atoms with E-state index >= 15 is 0 Å². The summed E-state index contributed by atoms with van der Waals surface area (Å²) in [5.41, 5.74) is 1.33. The summed E-state index contributed by atoms with van der Waals surface area (Å²) in [6.07, 6.45) is 11.6. The molecule has 0 spiro atoms. The molecule has 1 N–H and O–H groups in total. The van der Waals surface area contributed by atoms with Crippen LogP contribution >= 0.6 is 0 Å². The number of allylic oxidation sites excluding steroid dienone is 1. The Kier molecular flexibility index (Phi) is 8.24. The fourth-order valence-corrected chi connectivity index (χ4v) is 2.09. The number of rotatable bonds is 9. The van der Waals surface area contributed by atoms with Gasteiger partial charge in [-0.3, -0.25) is 0 Å². The van der Waals surface area contributed by atoms with Crippen LogP contribution < -0.4 is 0 Å². The summed E-state index contributed by atoms with van der Waals surface area (Å²) < 4.78 is 0. The van der Waals surface area contributed by atoms with Gasteiger partial charge in [-0.1, -0.05) is 75.1 Å². The normalized spacial score (nSPS) is 13.0. The number of aliphatic hydroxyl groups is 1. The number of unbranched alkanes of at least 4 members (excludes halogenated alkanes) is 3. The molecular formula is C17H26O. The minimum absolute atomic E-state index is 0.275. The number of hydrogen-bond donors (Lipinski definition) is 1. The van der Waals surface area contributed by atoms with Crippen LogP contribution in [0.3, 0.4) is 0 Å². The molecule has 100 valence electrons. The first kappa shape index (κ1) is 15.0. The Morgan fingerprint density at radius 2 is 1.89 bits per heavy atom. The molecule has 0 aromatic heterocycles. The number of benzene rings is 1. The van der Waals surface area contributed by atoms with Gasteiger partial charge in [0.1, 0.15) is 0 Å². The zero-order chi connectivity index (χ0) is 13.1. The van der Waals surface area contributed by atoms with E-state index in [2.05, 4.69) is 43.3 Å². The van der Waals surface area contributed by atoms with Crippen LogP contribution in [0.2, 0.25) is 0 Å². The minimum atomic E-state index is 0.275. The van der Waals surface area contributed by atoms with Crippen molar-refractivity contribution in [3.8, 4) is 0 Å². The van der Waals surface area contributed by atoms with E-state index in [0.717, 1.165) is 12.8 Å². The fraction of sp³-hybridized carbons (Fsp3) is 0.529. The highest BCUT2D eigenvalue weighted by molar-refractivity contribution is 5.17. The van der Waals surface area contributed by atoms with Crippen LogP contribution in [-0.2, 0) is 6.42 Å². The molecule has 0 aliphatic carbocycles. The van der Waals surface area contributed by atoms with E-state index in [0.29, 0.717) is 5.92 Å². The largest absolute Gasteiger partial charge is 0.396 e. The molecular weight excluding hydrogens is 220 g/mol. The Labute approximate surface area is 112 Å². The highest BCUT2D eigenvalue weighted by Gasteiger charge is 2.02. The zero-order valence-corrected chi connectivity index (χ0v) is 11.5. The molecule has 0 unspecified atom stereocenters. The van der Waals surface area contributed by atoms with Crippen LogP contribution in [0, 0.1) is 5.92 Å². The van der Waals surface area contributed by atoms with Gasteiger partial charge in [-0.25, -0.2) is 0 Å². The van der Waals surface area contributed by atoms with Gasteiger partial charge in [-0.2, -0.15) is 0 Å².